The molecule has 0 aromatic heterocycles. The average molecular weight is 207 g/mol. The zero-order chi connectivity index (χ0) is 11.9. The summed E-state index contributed by atoms with van der Waals surface area (Å²) in [5.74, 6) is 0. The number of rotatable bonds is 7. The summed E-state index contributed by atoms with van der Waals surface area (Å²) < 4.78 is 0. The van der Waals surface area contributed by atoms with E-state index in [9.17, 15) is 0 Å². The van der Waals surface area contributed by atoms with Crippen molar-refractivity contribution in [1.29, 1.82) is 0 Å². The molecule has 0 N–H and O–H groups in total. The summed E-state index contributed by atoms with van der Waals surface area (Å²) in [6, 6.07) is 0. The predicted molar refractivity (Wildman–Crippen MR) is 70.9 cm³/mol. The van der Waals surface area contributed by atoms with Gasteiger partial charge < -0.3 is 4.90 Å². The van der Waals surface area contributed by atoms with Crippen molar-refractivity contribution < 1.29 is 0 Å². The third-order valence-electron chi connectivity index (χ3n) is 1.96. The van der Waals surface area contributed by atoms with E-state index in [1.54, 1.807) is 0 Å². The summed E-state index contributed by atoms with van der Waals surface area (Å²) in [5, 5.41) is 0. The number of unbranched alkanes of at least 4 members (excludes halogenated alkanes) is 1. The first kappa shape index (κ1) is 16.4. The number of allylic oxidation sites excluding steroid dienone is 4. The van der Waals surface area contributed by atoms with Crippen LogP contribution in [-0.2, 0) is 0 Å². The SMILES string of the molecule is C#C.C/C=C\C=C/CCCN(C)CCC. The Hall–Kier alpha value is -1.00. The quantitative estimate of drug-likeness (QED) is 0.351. The molecule has 0 saturated carbocycles. The molecule has 0 radical (unpaired) electrons. The van der Waals surface area contributed by atoms with Gasteiger partial charge in [0.1, 0.15) is 0 Å². The average Bonchev–Trinajstić information content (AvgIpc) is 2.26. The summed E-state index contributed by atoms with van der Waals surface area (Å²) in [6.07, 6.45) is 20.2. The molecule has 15 heavy (non-hydrogen) atoms. The molecule has 0 atom stereocenters. The molecule has 1 nitrogen and oxygen atoms in total. The Bertz CT molecular complexity index is 177. The Balaban J connectivity index is 0. The highest BCUT2D eigenvalue weighted by molar-refractivity contribution is 5.00. The standard InChI is InChI=1S/C12H23N.C2H2/c1-4-6-7-8-9-10-12-13(3)11-5-2;1-2/h4,6-8H,5,9-12H2,1-3H3;1-2H/b6-4-,8-7-;. The second-order valence-electron chi connectivity index (χ2n) is 3.40. The van der Waals surface area contributed by atoms with Crippen LogP contribution in [0, 0.1) is 12.8 Å². The number of terminal acetylenes is 1. The highest BCUT2D eigenvalue weighted by Gasteiger charge is 1.93. The van der Waals surface area contributed by atoms with Crippen molar-refractivity contribution in [3.63, 3.8) is 0 Å². The molecule has 0 aliphatic carbocycles. The maximum Gasteiger partial charge on any atom is -0.00188 e. The molecule has 0 saturated heterocycles. The predicted octanol–water partition coefficient (Wildman–Crippen LogP) is 3.49. The first-order valence-corrected chi connectivity index (χ1v) is 5.61. The van der Waals surface area contributed by atoms with Gasteiger partial charge in [0, 0.05) is 0 Å². The van der Waals surface area contributed by atoms with E-state index in [2.05, 4.69) is 56.0 Å². The van der Waals surface area contributed by atoms with Crippen LogP contribution in [0.3, 0.4) is 0 Å². The van der Waals surface area contributed by atoms with Crippen molar-refractivity contribution in [2.75, 3.05) is 20.1 Å². The summed E-state index contributed by atoms with van der Waals surface area (Å²) in [4.78, 5) is 2.39. The summed E-state index contributed by atoms with van der Waals surface area (Å²) in [6.45, 7) is 6.70. The second kappa shape index (κ2) is 15.5. The van der Waals surface area contributed by atoms with Crippen LogP contribution in [0.2, 0.25) is 0 Å². The number of nitrogens with zero attached hydrogens (tertiary/aromatic N) is 1. The van der Waals surface area contributed by atoms with Gasteiger partial charge >= 0.3 is 0 Å². The highest BCUT2D eigenvalue weighted by Crippen LogP contribution is 1.95. The molecular formula is C14H25N. The minimum absolute atomic E-state index is 1.19. The third-order valence-corrected chi connectivity index (χ3v) is 1.96. The lowest BCUT2D eigenvalue weighted by Gasteiger charge is -2.13. The minimum Gasteiger partial charge on any atom is -0.306 e. The summed E-state index contributed by atoms with van der Waals surface area (Å²) in [7, 11) is 2.19. The topological polar surface area (TPSA) is 3.24 Å². The number of hydrogen-bond donors (Lipinski definition) is 0. The van der Waals surface area contributed by atoms with Crippen LogP contribution in [0.25, 0.3) is 0 Å². The zero-order valence-electron chi connectivity index (χ0n) is 10.4. The van der Waals surface area contributed by atoms with E-state index in [0.29, 0.717) is 0 Å². The first-order valence-electron chi connectivity index (χ1n) is 5.61. The van der Waals surface area contributed by atoms with Crippen LogP contribution < -0.4 is 0 Å². The zero-order valence-corrected chi connectivity index (χ0v) is 10.4. The van der Waals surface area contributed by atoms with E-state index >= 15 is 0 Å². The highest BCUT2D eigenvalue weighted by atomic mass is 15.1. The Morgan fingerprint density at radius 1 is 1.13 bits per heavy atom. The first-order chi connectivity index (χ1) is 7.31. The molecule has 0 spiro atoms. The number of hydrogen-bond acceptors (Lipinski definition) is 1. The second-order valence-corrected chi connectivity index (χ2v) is 3.40. The Kier molecular flexibility index (Phi) is 16.9. The largest absolute Gasteiger partial charge is 0.306 e. The Morgan fingerprint density at radius 2 is 1.80 bits per heavy atom. The molecule has 1 heteroatoms. The monoisotopic (exact) mass is 207 g/mol. The van der Waals surface area contributed by atoms with E-state index in [1.807, 2.05) is 6.92 Å². The van der Waals surface area contributed by atoms with E-state index in [4.69, 9.17) is 0 Å². The fourth-order valence-corrected chi connectivity index (χ4v) is 1.26. The summed E-state index contributed by atoms with van der Waals surface area (Å²) >= 11 is 0. The third kappa shape index (κ3) is 15.7. The van der Waals surface area contributed by atoms with Gasteiger partial charge in [-0.25, -0.2) is 0 Å². The minimum atomic E-state index is 1.19. The van der Waals surface area contributed by atoms with Gasteiger partial charge in [-0.1, -0.05) is 31.2 Å². The van der Waals surface area contributed by atoms with E-state index in [-0.39, 0.29) is 0 Å². The van der Waals surface area contributed by atoms with Gasteiger partial charge in [0.2, 0.25) is 0 Å². The van der Waals surface area contributed by atoms with Crippen LogP contribution in [0.15, 0.2) is 24.3 Å². The van der Waals surface area contributed by atoms with E-state index in [1.165, 1.54) is 32.4 Å². The van der Waals surface area contributed by atoms with Crippen molar-refractivity contribution in [2.24, 2.45) is 0 Å². The maximum absolute atomic E-state index is 4.00. The van der Waals surface area contributed by atoms with Crippen LogP contribution in [0.5, 0.6) is 0 Å². The van der Waals surface area contributed by atoms with Gasteiger partial charge in [-0.3, -0.25) is 0 Å². The van der Waals surface area contributed by atoms with Crippen molar-refractivity contribution in [3.8, 4) is 12.8 Å². The van der Waals surface area contributed by atoms with Crippen molar-refractivity contribution in [3.05, 3.63) is 24.3 Å². The van der Waals surface area contributed by atoms with Crippen LogP contribution in [0.4, 0.5) is 0 Å². The molecule has 0 aliphatic rings. The van der Waals surface area contributed by atoms with E-state index < -0.39 is 0 Å². The molecule has 86 valence electrons. The molecule has 0 aliphatic heterocycles. The Morgan fingerprint density at radius 3 is 2.33 bits per heavy atom. The van der Waals surface area contributed by atoms with Gasteiger partial charge in [-0.05, 0) is 46.3 Å². The maximum atomic E-state index is 4.00. The fourth-order valence-electron chi connectivity index (χ4n) is 1.26. The normalized spacial score (nSPS) is 10.8. The van der Waals surface area contributed by atoms with E-state index in [0.717, 1.165) is 0 Å². The molecule has 0 aromatic rings. The molecule has 0 heterocycles. The molecule has 0 aromatic carbocycles. The smallest absolute Gasteiger partial charge is 0.00188 e. The van der Waals surface area contributed by atoms with Gasteiger partial charge in [-0.15, -0.1) is 12.8 Å². The van der Waals surface area contributed by atoms with Crippen molar-refractivity contribution in [1.82, 2.24) is 4.90 Å². The van der Waals surface area contributed by atoms with Crippen molar-refractivity contribution >= 4 is 0 Å². The molecular weight excluding hydrogens is 182 g/mol. The fraction of sp³-hybridized carbons (Fsp3) is 0.571. The molecule has 0 rings (SSSR count). The molecule has 0 fully saturated rings. The van der Waals surface area contributed by atoms with Gasteiger partial charge in [0.25, 0.3) is 0 Å². The van der Waals surface area contributed by atoms with Gasteiger partial charge in [-0.2, -0.15) is 0 Å². The lowest BCUT2D eigenvalue weighted by molar-refractivity contribution is 0.331. The van der Waals surface area contributed by atoms with Crippen LogP contribution >= 0.6 is 0 Å². The van der Waals surface area contributed by atoms with Crippen molar-refractivity contribution in [2.45, 2.75) is 33.1 Å². The molecule has 0 bridgehead atoms. The van der Waals surface area contributed by atoms with Gasteiger partial charge in [0.15, 0.2) is 0 Å². The Labute approximate surface area is 95.9 Å². The summed E-state index contributed by atoms with van der Waals surface area (Å²) in [5.41, 5.74) is 0. The lowest BCUT2D eigenvalue weighted by Crippen LogP contribution is -2.20. The molecule has 0 amide bonds. The van der Waals surface area contributed by atoms with Crippen LogP contribution in [0.1, 0.15) is 33.1 Å². The molecule has 0 unspecified atom stereocenters. The van der Waals surface area contributed by atoms with Gasteiger partial charge in [0.05, 0.1) is 0 Å². The van der Waals surface area contributed by atoms with Crippen LogP contribution in [-0.4, -0.2) is 25.0 Å². The lowest BCUT2D eigenvalue weighted by atomic mass is 10.2.